The number of likely N-dealkylation sites (tertiary alicyclic amines) is 1. The second-order valence-electron chi connectivity index (χ2n) is 7.00. The second kappa shape index (κ2) is 8.53. The number of nitrogens with one attached hydrogen (secondary N) is 1. The molecule has 9 heteroatoms. The van der Waals surface area contributed by atoms with E-state index in [0.29, 0.717) is 40.5 Å². The molecule has 0 aromatic heterocycles. The van der Waals surface area contributed by atoms with Crippen molar-refractivity contribution in [1.82, 2.24) is 4.90 Å². The van der Waals surface area contributed by atoms with Gasteiger partial charge in [-0.15, -0.1) is 0 Å². The van der Waals surface area contributed by atoms with E-state index in [4.69, 9.17) is 32.7 Å². The van der Waals surface area contributed by atoms with Crippen molar-refractivity contribution in [1.29, 1.82) is 0 Å². The minimum absolute atomic E-state index is 0.100. The Balaban J connectivity index is 1.51. The number of benzene rings is 1. The van der Waals surface area contributed by atoms with Crippen LogP contribution in [-0.2, 0) is 14.3 Å². The fraction of sp³-hybridized carbons (Fsp3) is 0.286. The summed E-state index contributed by atoms with van der Waals surface area (Å²) in [6.45, 7) is 4.52. The normalized spacial score (nSPS) is 22.8. The van der Waals surface area contributed by atoms with E-state index in [1.807, 2.05) is 18.2 Å². The lowest BCUT2D eigenvalue weighted by atomic mass is 9.91. The summed E-state index contributed by atoms with van der Waals surface area (Å²) >= 11 is 12.1. The molecular weight excluding hydrogens is 427 g/mol. The first kappa shape index (κ1) is 20.5. The zero-order valence-electron chi connectivity index (χ0n) is 16.2. The number of ether oxygens (including phenoxy) is 2. The molecule has 0 radical (unpaired) electrons. The van der Waals surface area contributed by atoms with Crippen LogP contribution in [0.15, 0.2) is 64.5 Å². The molecular formula is C21H20Cl2N4O3. The molecule has 2 aliphatic heterocycles. The smallest absolute Gasteiger partial charge is 0.246 e. The number of methoxy groups -OCH3 is 1. The summed E-state index contributed by atoms with van der Waals surface area (Å²) in [5, 5.41) is 4.23. The third kappa shape index (κ3) is 4.08. The van der Waals surface area contributed by atoms with Gasteiger partial charge in [-0.05, 0) is 36.4 Å². The summed E-state index contributed by atoms with van der Waals surface area (Å²) in [4.78, 5) is 22.2. The lowest BCUT2D eigenvalue weighted by Gasteiger charge is -2.39. The quantitative estimate of drug-likeness (QED) is 0.699. The predicted molar refractivity (Wildman–Crippen MR) is 118 cm³/mol. The number of amides is 1. The standard InChI is InChI=1S/C21H20Cl2N4O3/c1-3-20(28)27-9-13(10-27)30-19-7-14-17(8-18(19)29-2)24-11-25-21(14)26-12-4-5-15(22)16(23)6-12/h3-8,11,13-14,17H,1,9-10H2,2H3,(H,24,25,26). The van der Waals surface area contributed by atoms with E-state index in [1.165, 1.54) is 12.4 Å². The molecule has 0 spiro atoms. The molecule has 1 aromatic carbocycles. The van der Waals surface area contributed by atoms with E-state index in [0.717, 1.165) is 5.69 Å². The van der Waals surface area contributed by atoms with Gasteiger partial charge in [0.05, 0.1) is 42.2 Å². The van der Waals surface area contributed by atoms with Crippen molar-refractivity contribution in [2.75, 3.05) is 25.5 Å². The number of anilines is 1. The highest BCUT2D eigenvalue weighted by Crippen LogP contribution is 2.32. The van der Waals surface area contributed by atoms with E-state index in [1.54, 1.807) is 24.1 Å². The number of nitrogens with zero attached hydrogens (tertiary/aromatic N) is 3. The number of hydrogen-bond acceptors (Lipinski definition) is 6. The SMILES string of the molecule is C=CC(=O)N1CC(OC2=CC3C(Nc4ccc(Cl)c(Cl)c4)=NC=NC3C=C2OC)C1. The molecule has 30 heavy (non-hydrogen) atoms. The molecule has 1 amide bonds. The molecule has 2 unspecified atom stereocenters. The Labute approximate surface area is 184 Å². The van der Waals surface area contributed by atoms with E-state index in [2.05, 4.69) is 21.9 Å². The van der Waals surface area contributed by atoms with Gasteiger partial charge in [-0.25, -0.2) is 4.99 Å². The monoisotopic (exact) mass is 446 g/mol. The number of amidine groups is 1. The van der Waals surface area contributed by atoms with Gasteiger partial charge in [0, 0.05) is 5.69 Å². The highest BCUT2D eigenvalue weighted by atomic mass is 35.5. The van der Waals surface area contributed by atoms with Crippen molar-refractivity contribution in [3.63, 3.8) is 0 Å². The topological polar surface area (TPSA) is 75.5 Å². The third-order valence-electron chi connectivity index (χ3n) is 5.06. The minimum atomic E-state index is -0.171. The third-order valence-corrected chi connectivity index (χ3v) is 5.79. The molecule has 1 aromatic rings. The van der Waals surface area contributed by atoms with E-state index in [-0.39, 0.29) is 24.0 Å². The molecule has 1 N–H and O–H groups in total. The van der Waals surface area contributed by atoms with Gasteiger partial charge < -0.3 is 19.7 Å². The Kier molecular flexibility index (Phi) is 5.83. The van der Waals surface area contributed by atoms with Gasteiger partial charge >= 0.3 is 0 Å². The molecule has 1 aliphatic carbocycles. The summed E-state index contributed by atoms with van der Waals surface area (Å²) in [6.07, 6.45) is 6.58. The number of carbonyl (C=O) groups excluding carboxylic acids is 1. The largest absolute Gasteiger partial charge is 0.493 e. The summed E-state index contributed by atoms with van der Waals surface area (Å²) in [5.74, 6) is 1.66. The lowest BCUT2D eigenvalue weighted by molar-refractivity contribution is -0.137. The number of rotatable bonds is 5. The van der Waals surface area contributed by atoms with Crippen LogP contribution < -0.4 is 5.32 Å². The molecule has 0 saturated carbocycles. The molecule has 156 valence electrons. The van der Waals surface area contributed by atoms with Gasteiger partial charge in [-0.1, -0.05) is 29.8 Å². The first-order valence-corrected chi connectivity index (χ1v) is 10.1. The van der Waals surface area contributed by atoms with Crippen LogP contribution in [0.3, 0.4) is 0 Å². The van der Waals surface area contributed by atoms with Crippen LogP contribution in [0.4, 0.5) is 5.69 Å². The summed E-state index contributed by atoms with van der Waals surface area (Å²) in [5.41, 5.74) is 0.771. The lowest BCUT2D eigenvalue weighted by Crippen LogP contribution is -2.54. The van der Waals surface area contributed by atoms with Gasteiger partial charge in [0.15, 0.2) is 11.5 Å². The summed E-state index contributed by atoms with van der Waals surface area (Å²) < 4.78 is 11.6. The molecule has 2 heterocycles. The van der Waals surface area contributed by atoms with Crippen LogP contribution in [0, 0.1) is 5.92 Å². The number of carbonyl (C=O) groups is 1. The Hall–Kier alpha value is -2.77. The molecule has 0 bridgehead atoms. The number of halogens is 2. The Morgan fingerprint density at radius 3 is 2.77 bits per heavy atom. The molecule has 4 rings (SSSR count). The molecule has 1 saturated heterocycles. The number of hydrogen-bond donors (Lipinski definition) is 1. The Bertz CT molecular complexity index is 996. The van der Waals surface area contributed by atoms with Crippen LogP contribution in [0.25, 0.3) is 0 Å². The minimum Gasteiger partial charge on any atom is -0.493 e. The van der Waals surface area contributed by atoms with E-state index < -0.39 is 0 Å². The van der Waals surface area contributed by atoms with Crippen LogP contribution in [0.5, 0.6) is 0 Å². The zero-order valence-corrected chi connectivity index (χ0v) is 17.7. The first-order chi connectivity index (χ1) is 14.5. The van der Waals surface area contributed by atoms with Crippen LogP contribution in [-0.4, -0.2) is 55.3 Å². The average Bonchev–Trinajstić information content (AvgIpc) is 2.72. The van der Waals surface area contributed by atoms with Crippen molar-refractivity contribution in [3.8, 4) is 0 Å². The van der Waals surface area contributed by atoms with Crippen LogP contribution >= 0.6 is 23.2 Å². The number of fused-ring (bicyclic) bond motifs is 1. The summed E-state index contributed by atoms with van der Waals surface area (Å²) in [7, 11) is 1.59. The van der Waals surface area contributed by atoms with E-state index >= 15 is 0 Å². The Morgan fingerprint density at radius 2 is 2.07 bits per heavy atom. The maximum Gasteiger partial charge on any atom is 0.246 e. The van der Waals surface area contributed by atoms with Crippen molar-refractivity contribution in [3.05, 3.63) is 64.6 Å². The van der Waals surface area contributed by atoms with Gasteiger partial charge in [-0.3, -0.25) is 9.79 Å². The fourth-order valence-electron chi connectivity index (χ4n) is 3.42. The van der Waals surface area contributed by atoms with Gasteiger partial charge in [0.25, 0.3) is 0 Å². The number of aliphatic imine (C=N–C) groups is 2. The fourth-order valence-corrected chi connectivity index (χ4v) is 3.72. The van der Waals surface area contributed by atoms with Crippen molar-refractivity contribution in [2.45, 2.75) is 12.1 Å². The van der Waals surface area contributed by atoms with Crippen LogP contribution in [0.1, 0.15) is 0 Å². The van der Waals surface area contributed by atoms with E-state index in [9.17, 15) is 4.79 Å². The Morgan fingerprint density at radius 1 is 1.27 bits per heavy atom. The summed E-state index contributed by atoms with van der Waals surface area (Å²) in [6, 6.07) is 5.13. The van der Waals surface area contributed by atoms with Crippen molar-refractivity contribution >= 4 is 47.0 Å². The van der Waals surface area contributed by atoms with Gasteiger partial charge in [0.2, 0.25) is 5.91 Å². The highest BCUT2D eigenvalue weighted by Gasteiger charge is 2.36. The molecule has 1 fully saturated rings. The van der Waals surface area contributed by atoms with Crippen LogP contribution in [0.2, 0.25) is 10.0 Å². The molecule has 7 nitrogen and oxygen atoms in total. The predicted octanol–water partition coefficient (Wildman–Crippen LogP) is 3.67. The zero-order chi connectivity index (χ0) is 21.3. The molecule has 2 atom stereocenters. The highest BCUT2D eigenvalue weighted by molar-refractivity contribution is 6.42. The average molecular weight is 447 g/mol. The van der Waals surface area contributed by atoms with Gasteiger partial charge in [0.1, 0.15) is 18.3 Å². The van der Waals surface area contributed by atoms with Gasteiger partial charge in [-0.2, -0.15) is 0 Å². The van der Waals surface area contributed by atoms with Crippen molar-refractivity contribution < 1.29 is 14.3 Å². The maximum atomic E-state index is 11.6. The maximum absolute atomic E-state index is 11.6. The van der Waals surface area contributed by atoms with Crippen molar-refractivity contribution in [2.24, 2.45) is 15.9 Å². The second-order valence-corrected chi connectivity index (χ2v) is 7.82. The molecule has 3 aliphatic rings. The first-order valence-electron chi connectivity index (χ1n) is 9.36.